The minimum Gasteiger partial charge on any atom is -0.324 e. The van der Waals surface area contributed by atoms with Gasteiger partial charge in [0, 0.05) is 10.2 Å². The van der Waals surface area contributed by atoms with E-state index in [2.05, 4.69) is 21.2 Å². The second-order valence-corrected chi connectivity index (χ2v) is 8.09. The Hall–Kier alpha value is -1.40. The van der Waals surface area contributed by atoms with Crippen LogP contribution in [0.5, 0.6) is 0 Å². The van der Waals surface area contributed by atoms with Gasteiger partial charge in [-0.05, 0) is 65.2 Å². The van der Waals surface area contributed by atoms with Crippen LogP contribution in [0.2, 0.25) is 5.02 Å². The van der Waals surface area contributed by atoms with Crippen LogP contribution in [-0.2, 0) is 14.4 Å². The van der Waals surface area contributed by atoms with E-state index in [0.717, 1.165) is 28.6 Å². The molecule has 4 atom stereocenters. The van der Waals surface area contributed by atoms with E-state index >= 15 is 0 Å². The molecule has 1 aliphatic heterocycles. The van der Waals surface area contributed by atoms with Gasteiger partial charge in [0.05, 0.1) is 16.9 Å². The first-order chi connectivity index (χ1) is 11.5. The molecule has 1 N–H and O–H groups in total. The third-order valence-electron chi connectivity index (χ3n) is 5.52. The summed E-state index contributed by atoms with van der Waals surface area (Å²) in [5.74, 6) is -0.438. The number of halogens is 2. The molecule has 0 radical (unpaired) electrons. The Balaban J connectivity index is 1.45. The number of rotatable bonds is 3. The van der Waals surface area contributed by atoms with Gasteiger partial charge in [0.2, 0.25) is 17.7 Å². The molecule has 1 aromatic rings. The van der Waals surface area contributed by atoms with E-state index in [0.29, 0.717) is 22.5 Å². The zero-order valence-electron chi connectivity index (χ0n) is 12.8. The Morgan fingerprint density at radius 3 is 2.42 bits per heavy atom. The number of nitrogens with one attached hydrogen (secondary N) is 1. The van der Waals surface area contributed by atoms with Crippen molar-refractivity contribution in [3.63, 3.8) is 0 Å². The summed E-state index contributed by atoms with van der Waals surface area (Å²) in [5, 5.41) is 3.17. The van der Waals surface area contributed by atoms with Crippen molar-refractivity contribution in [1.29, 1.82) is 0 Å². The molecule has 1 saturated heterocycles. The SMILES string of the molecule is O=C(CN1C(=O)[C@H]2[C@@H]3CC[C@@H](C3)[C@@H]2C1=O)Nc1ccc(Br)c(Cl)c1. The number of hydrogen-bond donors (Lipinski definition) is 1. The van der Waals surface area contributed by atoms with Gasteiger partial charge in [-0.25, -0.2) is 0 Å². The molecule has 0 spiro atoms. The molecule has 7 heteroatoms. The van der Waals surface area contributed by atoms with Crippen molar-refractivity contribution in [2.45, 2.75) is 19.3 Å². The number of fused-ring (bicyclic) bond motifs is 5. The van der Waals surface area contributed by atoms with Crippen molar-refractivity contribution in [2.75, 3.05) is 11.9 Å². The fourth-order valence-corrected chi connectivity index (χ4v) is 4.97. The summed E-state index contributed by atoms with van der Waals surface area (Å²) in [6.07, 6.45) is 3.05. The zero-order valence-corrected chi connectivity index (χ0v) is 15.1. The predicted octanol–water partition coefficient (Wildman–Crippen LogP) is 3.07. The highest BCUT2D eigenvalue weighted by molar-refractivity contribution is 9.10. The van der Waals surface area contributed by atoms with Crippen LogP contribution < -0.4 is 5.32 Å². The second-order valence-electron chi connectivity index (χ2n) is 6.82. The van der Waals surface area contributed by atoms with Crippen LogP contribution in [0.4, 0.5) is 5.69 Å². The summed E-state index contributed by atoms with van der Waals surface area (Å²) in [6.45, 7) is -0.224. The molecule has 126 valence electrons. The molecule has 0 aromatic heterocycles. The van der Waals surface area contributed by atoms with Crippen molar-refractivity contribution < 1.29 is 14.4 Å². The summed E-state index contributed by atoms with van der Waals surface area (Å²) in [5.41, 5.74) is 0.535. The summed E-state index contributed by atoms with van der Waals surface area (Å²) < 4.78 is 0.732. The Bertz CT molecular complexity index is 725. The second kappa shape index (κ2) is 5.85. The number of carbonyl (C=O) groups excluding carboxylic acids is 3. The molecule has 0 unspecified atom stereocenters. The lowest BCUT2D eigenvalue weighted by Crippen LogP contribution is -2.39. The third-order valence-corrected chi connectivity index (χ3v) is 6.76. The quantitative estimate of drug-likeness (QED) is 0.777. The lowest BCUT2D eigenvalue weighted by molar-refractivity contribution is -0.143. The minimum absolute atomic E-state index is 0.166. The lowest BCUT2D eigenvalue weighted by atomic mass is 9.81. The molecule has 24 heavy (non-hydrogen) atoms. The van der Waals surface area contributed by atoms with E-state index in [-0.39, 0.29) is 36.1 Å². The molecule has 3 amide bonds. The Morgan fingerprint density at radius 2 is 1.83 bits per heavy atom. The average Bonchev–Trinajstić information content (AvgIpc) is 3.21. The molecule has 2 bridgehead atoms. The van der Waals surface area contributed by atoms with Gasteiger partial charge in [0.1, 0.15) is 6.54 Å². The molecule has 1 heterocycles. The molecular formula is C17H16BrClN2O3. The number of likely N-dealkylation sites (tertiary alicyclic amines) is 1. The highest BCUT2D eigenvalue weighted by Crippen LogP contribution is 2.56. The highest BCUT2D eigenvalue weighted by Gasteiger charge is 2.60. The van der Waals surface area contributed by atoms with Gasteiger partial charge in [0.15, 0.2) is 0 Å². The van der Waals surface area contributed by atoms with Gasteiger partial charge in [-0.15, -0.1) is 0 Å². The van der Waals surface area contributed by atoms with Gasteiger partial charge in [-0.1, -0.05) is 11.6 Å². The normalized spacial score (nSPS) is 30.8. The van der Waals surface area contributed by atoms with Gasteiger partial charge >= 0.3 is 0 Å². The molecule has 2 saturated carbocycles. The largest absolute Gasteiger partial charge is 0.324 e. The van der Waals surface area contributed by atoms with Crippen molar-refractivity contribution >= 4 is 50.9 Å². The molecule has 3 aliphatic rings. The van der Waals surface area contributed by atoms with Crippen LogP contribution in [0.15, 0.2) is 22.7 Å². The Labute approximate surface area is 152 Å². The van der Waals surface area contributed by atoms with Gasteiger partial charge < -0.3 is 5.32 Å². The number of benzene rings is 1. The van der Waals surface area contributed by atoms with E-state index in [9.17, 15) is 14.4 Å². The van der Waals surface area contributed by atoms with Crippen molar-refractivity contribution in [3.8, 4) is 0 Å². The standard InChI is InChI=1S/C17H16BrClN2O3/c18-11-4-3-10(6-12(11)19)20-13(22)7-21-16(23)14-8-1-2-9(5-8)15(14)17(21)24/h3-4,6,8-9,14-15H,1-2,5,7H2,(H,20,22)/t8-,9+,14-,15-/m0/s1. The summed E-state index contributed by atoms with van der Waals surface area (Å²) in [4.78, 5) is 38.5. The van der Waals surface area contributed by atoms with Crippen LogP contribution in [-0.4, -0.2) is 29.2 Å². The fourth-order valence-electron chi connectivity index (χ4n) is 4.54. The van der Waals surface area contributed by atoms with Crippen molar-refractivity contribution in [2.24, 2.45) is 23.7 Å². The summed E-state index contributed by atoms with van der Waals surface area (Å²) in [6, 6.07) is 5.05. The van der Waals surface area contributed by atoms with E-state index in [4.69, 9.17) is 11.6 Å². The van der Waals surface area contributed by atoms with Gasteiger partial charge in [0.25, 0.3) is 0 Å². The summed E-state index contributed by atoms with van der Waals surface area (Å²) >= 11 is 9.29. The van der Waals surface area contributed by atoms with Crippen LogP contribution in [0.25, 0.3) is 0 Å². The van der Waals surface area contributed by atoms with Gasteiger partial charge in [-0.3, -0.25) is 19.3 Å². The fraction of sp³-hybridized carbons (Fsp3) is 0.471. The maximum absolute atomic E-state index is 12.6. The van der Waals surface area contributed by atoms with Crippen LogP contribution in [0.1, 0.15) is 19.3 Å². The van der Waals surface area contributed by atoms with Crippen molar-refractivity contribution in [3.05, 3.63) is 27.7 Å². The Morgan fingerprint density at radius 1 is 1.21 bits per heavy atom. The van der Waals surface area contributed by atoms with Gasteiger partial charge in [-0.2, -0.15) is 0 Å². The number of amides is 3. The smallest absolute Gasteiger partial charge is 0.244 e. The molecule has 2 aliphatic carbocycles. The first-order valence-corrected chi connectivity index (χ1v) is 9.23. The van der Waals surface area contributed by atoms with Crippen LogP contribution >= 0.6 is 27.5 Å². The maximum atomic E-state index is 12.6. The number of hydrogen-bond acceptors (Lipinski definition) is 3. The first-order valence-electron chi connectivity index (χ1n) is 8.06. The molecular weight excluding hydrogens is 396 g/mol. The number of nitrogens with zero attached hydrogens (tertiary/aromatic N) is 1. The van der Waals surface area contributed by atoms with Crippen molar-refractivity contribution in [1.82, 2.24) is 4.90 Å². The van der Waals surface area contributed by atoms with Crippen LogP contribution in [0, 0.1) is 23.7 Å². The molecule has 1 aromatic carbocycles. The molecule has 5 nitrogen and oxygen atoms in total. The molecule has 4 rings (SSSR count). The van der Waals surface area contributed by atoms with E-state index in [1.165, 1.54) is 0 Å². The first kappa shape index (κ1) is 16.1. The summed E-state index contributed by atoms with van der Waals surface area (Å²) in [7, 11) is 0. The highest BCUT2D eigenvalue weighted by atomic mass is 79.9. The zero-order chi connectivity index (χ0) is 17.0. The third kappa shape index (κ3) is 2.47. The lowest BCUT2D eigenvalue weighted by Gasteiger charge is -2.19. The number of anilines is 1. The van der Waals surface area contributed by atoms with E-state index < -0.39 is 0 Å². The molecule has 3 fully saturated rings. The monoisotopic (exact) mass is 410 g/mol. The Kier molecular flexibility index (Phi) is 3.92. The van der Waals surface area contributed by atoms with E-state index in [1.54, 1.807) is 18.2 Å². The maximum Gasteiger partial charge on any atom is 0.244 e. The van der Waals surface area contributed by atoms with E-state index in [1.807, 2.05) is 0 Å². The topological polar surface area (TPSA) is 66.5 Å². The number of imide groups is 1. The predicted molar refractivity (Wildman–Crippen MR) is 92.3 cm³/mol. The number of carbonyl (C=O) groups is 3. The van der Waals surface area contributed by atoms with Crippen LogP contribution in [0.3, 0.4) is 0 Å². The average molecular weight is 412 g/mol. The minimum atomic E-state index is -0.387.